The summed E-state index contributed by atoms with van der Waals surface area (Å²) in [6.45, 7) is 1.97. The van der Waals surface area contributed by atoms with Crippen molar-refractivity contribution < 1.29 is 8.42 Å². The average molecular weight is 200 g/mol. The fourth-order valence-electron chi connectivity index (χ4n) is 1.09. The van der Waals surface area contributed by atoms with Gasteiger partial charge in [-0.05, 0) is 12.8 Å². The maximum absolute atomic E-state index is 11.2. The molecule has 0 atom stereocenters. The summed E-state index contributed by atoms with van der Waals surface area (Å²) in [4.78, 5) is 0. The summed E-state index contributed by atoms with van der Waals surface area (Å²) in [6, 6.07) is 0. The molecule has 0 aromatic rings. The van der Waals surface area contributed by atoms with Crippen molar-refractivity contribution in [3.8, 4) is 0 Å². The van der Waals surface area contributed by atoms with Crippen molar-refractivity contribution in [1.82, 2.24) is 0 Å². The van der Waals surface area contributed by atoms with Crippen molar-refractivity contribution in [2.75, 3.05) is 12.3 Å². The Morgan fingerprint density at radius 1 is 1.45 bits per heavy atom. The smallest absolute Gasteiger partial charge is 0.156 e. The highest BCUT2D eigenvalue weighted by Crippen LogP contribution is 2.42. The van der Waals surface area contributed by atoms with Gasteiger partial charge in [0.05, 0.1) is 4.75 Å². The van der Waals surface area contributed by atoms with Crippen molar-refractivity contribution in [3.63, 3.8) is 0 Å². The molecule has 0 aliphatic heterocycles. The maximum Gasteiger partial charge on any atom is 0.156 e. The highest BCUT2D eigenvalue weighted by atomic mass is 35.5. The molecule has 0 spiro atoms. The van der Waals surface area contributed by atoms with Gasteiger partial charge in [0.1, 0.15) is 0 Å². The van der Waals surface area contributed by atoms with Gasteiger partial charge in [-0.3, -0.25) is 0 Å². The van der Waals surface area contributed by atoms with Gasteiger partial charge in [-0.15, -0.1) is 12.4 Å². The van der Waals surface area contributed by atoms with Crippen molar-refractivity contribution in [1.29, 1.82) is 0 Å². The third-order valence-corrected chi connectivity index (χ3v) is 4.87. The third-order valence-electron chi connectivity index (χ3n) is 2.22. The predicted octanol–water partition coefficient (Wildman–Crippen LogP) is 0.334. The molecule has 68 valence electrons. The number of rotatable bonds is 3. The molecule has 0 aromatic carbocycles. The molecule has 3 nitrogen and oxygen atoms in total. The summed E-state index contributed by atoms with van der Waals surface area (Å²) < 4.78 is 22.0. The van der Waals surface area contributed by atoms with E-state index in [-0.39, 0.29) is 18.2 Å². The first kappa shape index (κ1) is 11.2. The second-order valence-corrected chi connectivity index (χ2v) is 5.46. The molecular weight excluding hydrogens is 186 g/mol. The fourth-order valence-corrected chi connectivity index (χ4v) is 2.68. The summed E-state index contributed by atoms with van der Waals surface area (Å²) in [7, 11) is -2.86. The van der Waals surface area contributed by atoms with Crippen LogP contribution in [-0.2, 0) is 9.84 Å². The van der Waals surface area contributed by atoms with Crippen LogP contribution < -0.4 is 5.73 Å². The second-order valence-electron chi connectivity index (χ2n) is 2.79. The van der Waals surface area contributed by atoms with Crippen molar-refractivity contribution in [2.24, 2.45) is 5.73 Å². The lowest BCUT2D eigenvalue weighted by Crippen LogP contribution is -2.32. The van der Waals surface area contributed by atoms with Gasteiger partial charge < -0.3 is 5.73 Å². The first-order valence-corrected chi connectivity index (χ1v) is 5.15. The average Bonchev–Trinajstić information content (AvgIpc) is 2.67. The zero-order chi connectivity index (χ0) is 7.83. The highest BCUT2D eigenvalue weighted by Gasteiger charge is 2.51. The van der Waals surface area contributed by atoms with Crippen LogP contribution in [0.2, 0.25) is 0 Å². The minimum Gasteiger partial charge on any atom is -0.329 e. The Labute approximate surface area is 73.7 Å². The molecule has 0 amide bonds. The monoisotopic (exact) mass is 199 g/mol. The van der Waals surface area contributed by atoms with E-state index in [1.807, 2.05) is 0 Å². The number of hydrogen-bond acceptors (Lipinski definition) is 3. The number of halogens is 1. The first-order chi connectivity index (χ1) is 4.58. The van der Waals surface area contributed by atoms with Crippen molar-refractivity contribution >= 4 is 22.2 Å². The van der Waals surface area contributed by atoms with Crippen molar-refractivity contribution in [2.45, 2.75) is 24.5 Å². The Morgan fingerprint density at radius 2 is 1.91 bits per heavy atom. The zero-order valence-electron chi connectivity index (χ0n) is 6.54. The van der Waals surface area contributed by atoms with Crippen LogP contribution in [-0.4, -0.2) is 25.5 Å². The largest absolute Gasteiger partial charge is 0.329 e. The normalized spacial score (nSPS) is 20.5. The minimum absolute atomic E-state index is 0. The van der Waals surface area contributed by atoms with Crippen LogP contribution in [0.15, 0.2) is 0 Å². The summed E-state index contributed by atoms with van der Waals surface area (Å²) in [5.41, 5.74) is 5.35. The van der Waals surface area contributed by atoms with Crippen LogP contribution >= 0.6 is 12.4 Å². The molecule has 1 rings (SSSR count). The molecule has 5 heteroatoms. The van der Waals surface area contributed by atoms with E-state index >= 15 is 0 Å². The Morgan fingerprint density at radius 3 is 2.00 bits per heavy atom. The van der Waals surface area contributed by atoms with Crippen LogP contribution in [0.25, 0.3) is 0 Å². The van der Waals surface area contributed by atoms with Crippen LogP contribution in [0.1, 0.15) is 19.8 Å². The standard InChI is InChI=1S/C6H13NO2S.ClH/c1-2-10(8,9)6(5-7)3-4-6;/h2-5,7H2,1H3;1H. The molecule has 1 saturated carbocycles. The third kappa shape index (κ3) is 1.68. The number of hydrogen-bond donors (Lipinski definition) is 1. The molecule has 0 aromatic heterocycles. The molecule has 1 aliphatic carbocycles. The maximum atomic E-state index is 11.2. The topological polar surface area (TPSA) is 60.2 Å². The van der Waals surface area contributed by atoms with Gasteiger partial charge in [0.25, 0.3) is 0 Å². The molecular formula is C6H14ClNO2S. The van der Waals surface area contributed by atoms with Gasteiger partial charge in [-0.25, -0.2) is 8.42 Å². The van der Waals surface area contributed by atoms with Gasteiger partial charge in [0, 0.05) is 12.3 Å². The van der Waals surface area contributed by atoms with Gasteiger partial charge in [0.15, 0.2) is 9.84 Å². The Kier molecular flexibility index (Phi) is 3.35. The number of sulfone groups is 1. The zero-order valence-corrected chi connectivity index (χ0v) is 8.17. The molecule has 1 aliphatic rings. The van der Waals surface area contributed by atoms with Crippen LogP contribution in [0.3, 0.4) is 0 Å². The molecule has 0 saturated heterocycles. The SMILES string of the molecule is CCS(=O)(=O)C1(CN)CC1.Cl. The van der Waals surface area contributed by atoms with Crippen LogP contribution in [0, 0.1) is 0 Å². The summed E-state index contributed by atoms with van der Waals surface area (Å²) in [5, 5.41) is 0. The lowest BCUT2D eigenvalue weighted by molar-refractivity contribution is 0.578. The molecule has 1 fully saturated rings. The van der Waals surface area contributed by atoms with E-state index in [1.165, 1.54) is 0 Å². The fraction of sp³-hybridized carbons (Fsp3) is 1.00. The van der Waals surface area contributed by atoms with Gasteiger partial charge >= 0.3 is 0 Å². The van der Waals surface area contributed by atoms with Gasteiger partial charge in [-0.1, -0.05) is 6.92 Å². The minimum atomic E-state index is -2.86. The molecule has 0 bridgehead atoms. The summed E-state index contributed by atoms with van der Waals surface area (Å²) in [6.07, 6.45) is 1.53. The van der Waals surface area contributed by atoms with E-state index in [0.717, 1.165) is 12.8 Å². The summed E-state index contributed by atoms with van der Waals surface area (Å²) in [5.74, 6) is 0.226. The highest BCUT2D eigenvalue weighted by molar-refractivity contribution is 7.93. The lowest BCUT2D eigenvalue weighted by Gasteiger charge is -2.10. The van der Waals surface area contributed by atoms with E-state index in [4.69, 9.17) is 5.73 Å². The predicted molar refractivity (Wildman–Crippen MR) is 47.7 cm³/mol. The van der Waals surface area contributed by atoms with Gasteiger partial charge in [0.2, 0.25) is 0 Å². The quantitative estimate of drug-likeness (QED) is 0.713. The van der Waals surface area contributed by atoms with E-state index in [9.17, 15) is 8.42 Å². The number of nitrogens with two attached hydrogens (primary N) is 1. The van der Waals surface area contributed by atoms with E-state index in [1.54, 1.807) is 6.92 Å². The first-order valence-electron chi connectivity index (χ1n) is 3.50. The summed E-state index contributed by atoms with van der Waals surface area (Å²) >= 11 is 0. The van der Waals surface area contributed by atoms with E-state index in [2.05, 4.69) is 0 Å². The van der Waals surface area contributed by atoms with Crippen LogP contribution in [0.4, 0.5) is 0 Å². The molecule has 0 heterocycles. The molecule has 0 unspecified atom stereocenters. The van der Waals surface area contributed by atoms with E-state index in [0.29, 0.717) is 6.54 Å². The lowest BCUT2D eigenvalue weighted by atomic mass is 10.4. The van der Waals surface area contributed by atoms with E-state index < -0.39 is 14.6 Å². The Balaban J connectivity index is 0.000001000. The second kappa shape index (κ2) is 3.29. The van der Waals surface area contributed by atoms with Crippen molar-refractivity contribution in [3.05, 3.63) is 0 Å². The molecule has 2 N–H and O–H groups in total. The van der Waals surface area contributed by atoms with Gasteiger partial charge in [-0.2, -0.15) is 0 Å². The molecule has 0 radical (unpaired) electrons. The van der Waals surface area contributed by atoms with Crippen LogP contribution in [0.5, 0.6) is 0 Å². The molecule has 11 heavy (non-hydrogen) atoms. The Bertz CT molecular complexity index is 221. The Hall–Kier alpha value is 0.200.